The highest BCUT2D eigenvalue weighted by Gasteiger charge is 2.14. The Kier molecular flexibility index (Phi) is 5.39. The minimum absolute atomic E-state index is 0.215. The normalized spacial score (nSPS) is 11.0. The summed E-state index contributed by atoms with van der Waals surface area (Å²) in [6, 6.07) is 13.1. The van der Waals surface area contributed by atoms with Crippen LogP contribution in [0.15, 0.2) is 53.4 Å². The van der Waals surface area contributed by atoms with E-state index in [9.17, 15) is 13.2 Å². The minimum Gasteiger partial charge on any atom is -0.355 e. The summed E-state index contributed by atoms with van der Waals surface area (Å²) in [5, 5.41) is 2.51. The molecule has 23 heavy (non-hydrogen) atoms. The Morgan fingerprint density at radius 3 is 2.13 bits per heavy atom. The lowest BCUT2D eigenvalue weighted by atomic mass is 10.1. The van der Waals surface area contributed by atoms with Crippen LogP contribution >= 0.6 is 0 Å². The predicted molar refractivity (Wildman–Crippen MR) is 91.1 cm³/mol. The Hall–Kier alpha value is -2.34. The first-order valence-electron chi connectivity index (χ1n) is 7.40. The predicted octanol–water partition coefficient (Wildman–Crippen LogP) is 2.80. The van der Waals surface area contributed by atoms with Crippen LogP contribution in [0.2, 0.25) is 0 Å². The zero-order valence-corrected chi connectivity index (χ0v) is 14.0. The van der Waals surface area contributed by atoms with Crippen molar-refractivity contribution >= 4 is 21.6 Å². The molecule has 0 atom stereocenters. The van der Waals surface area contributed by atoms with Gasteiger partial charge in [0, 0.05) is 18.3 Å². The molecule has 2 rings (SSSR count). The Balaban J connectivity index is 2.15. The largest absolute Gasteiger partial charge is 0.355 e. The Labute approximate surface area is 136 Å². The molecule has 0 aliphatic heterocycles. The zero-order chi connectivity index (χ0) is 16.9. The standard InChI is InChI=1S/C17H20N2O3S/c1-3-4-13-5-11-16(12-6-13)23(21,22)19-15-9-7-14(8-10-15)17(20)18-2/h5-12,19H,3-4H2,1-2H3,(H,18,20). The van der Waals surface area contributed by atoms with Gasteiger partial charge in [-0.05, 0) is 48.4 Å². The molecule has 0 unspecified atom stereocenters. The lowest BCUT2D eigenvalue weighted by molar-refractivity contribution is 0.0963. The van der Waals surface area contributed by atoms with Crippen molar-refractivity contribution in [2.75, 3.05) is 11.8 Å². The van der Waals surface area contributed by atoms with Crippen LogP contribution in [0.1, 0.15) is 29.3 Å². The number of hydrogen-bond acceptors (Lipinski definition) is 3. The fraction of sp³-hybridized carbons (Fsp3) is 0.235. The Morgan fingerprint density at radius 1 is 1.00 bits per heavy atom. The van der Waals surface area contributed by atoms with E-state index in [4.69, 9.17) is 0 Å². The molecule has 1 amide bonds. The van der Waals surface area contributed by atoms with Crippen LogP contribution in [0, 0.1) is 0 Å². The summed E-state index contributed by atoms with van der Waals surface area (Å²) in [7, 11) is -2.09. The van der Waals surface area contributed by atoms with Crippen LogP contribution in [0.4, 0.5) is 5.69 Å². The molecule has 0 aliphatic carbocycles. The van der Waals surface area contributed by atoms with Crippen molar-refractivity contribution in [1.29, 1.82) is 0 Å². The molecule has 5 nitrogen and oxygen atoms in total. The van der Waals surface area contributed by atoms with Crippen LogP contribution in [0.5, 0.6) is 0 Å². The fourth-order valence-corrected chi connectivity index (χ4v) is 3.23. The van der Waals surface area contributed by atoms with Gasteiger partial charge in [-0.2, -0.15) is 0 Å². The second-order valence-corrected chi connectivity index (χ2v) is 6.84. The number of amides is 1. The molecule has 0 saturated carbocycles. The van der Waals surface area contributed by atoms with Crippen LogP contribution in [0.3, 0.4) is 0 Å². The molecule has 0 fully saturated rings. The molecule has 0 saturated heterocycles. The van der Waals surface area contributed by atoms with Crippen molar-refractivity contribution < 1.29 is 13.2 Å². The molecule has 0 heterocycles. The highest BCUT2D eigenvalue weighted by Crippen LogP contribution is 2.17. The molecule has 2 aromatic carbocycles. The van der Waals surface area contributed by atoms with E-state index in [0.717, 1.165) is 18.4 Å². The zero-order valence-electron chi connectivity index (χ0n) is 13.2. The van der Waals surface area contributed by atoms with Gasteiger partial charge in [0.25, 0.3) is 15.9 Å². The summed E-state index contributed by atoms with van der Waals surface area (Å²) in [6.45, 7) is 2.08. The molecule has 2 N–H and O–H groups in total. The van der Waals surface area contributed by atoms with E-state index in [1.54, 1.807) is 43.4 Å². The van der Waals surface area contributed by atoms with Gasteiger partial charge in [-0.15, -0.1) is 0 Å². The van der Waals surface area contributed by atoms with Crippen LogP contribution in [-0.2, 0) is 16.4 Å². The van der Waals surface area contributed by atoms with E-state index < -0.39 is 10.0 Å². The third kappa shape index (κ3) is 4.32. The van der Waals surface area contributed by atoms with Gasteiger partial charge in [0.1, 0.15) is 0 Å². The number of carbonyl (C=O) groups is 1. The second kappa shape index (κ2) is 7.28. The molecule has 0 spiro atoms. The fourth-order valence-electron chi connectivity index (χ4n) is 2.17. The molecule has 0 bridgehead atoms. The first kappa shape index (κ1) is 17.0. The molecule has 0 radical (unpaired) electrons. The topological polar surface area (TPSA) is 75.3 Å². The Bertz CT molecular complexity index is 766. The van der Waals surface area contributed by atoms with Gasteiger partial charge in [0.15, 0.2) is 0 Å². The number of rotatable bonds is 6. The van der Waals surface area contributed by atoms with E-state index in [0.29, 0.717) is 11.3 Å². The molecular weight excluding hydrogens is 312 g/mol. The number of hydrogen-bond donors (Lipinski definition) is 2. The molecule has 0 aromatic heterocycles. The SMILES string of the molecule is CCCc1ccc(S(=O)(=O)Nc2ccc(C(=O)NC)cc2)cc1. The van der Waals surface area contributed by atoms with E-state index in [-0.39, 0.29) is 10.8 Å². The van der Waals surface area contributed by atoms with E-state index in [2.05, 4.69) is 17.0 Å². The molecule has 2 aromatic rings. The van der Waals surface area contributed by atoms with Gasteiger partial charge in [-0.25, -0.2) is 8.42 Å². The van der Waals surface area contributed by atoms with Crippen molar-refractivity contribution in [3.05, 3.63) is 59.7 Å². The van der Waals surface area contributed by atoms with E-state index in [1.807, 2.05) is 12.1 Å². The third-order valence-electron chi connectivity index (χ3n) is 3.40. The minimum atomic E-state index is -3.63. The van der Waals surface area contributed by atoms with Gasteiger partial charge in [-0.1, -0.05) is 25.5 Å². The summed E-state index contributed by atoms with van der Waals surface area (Å²) in [5.41, 5.74) is 2.00. The van der Waals surface area contributed by atoms with E-state index in [1.165, 1.54) is 0 Å². The maximum atomic E-state index is 12.4. The number of sulfonamides is 1. The number of anilines is 1. The first-order chi connectivity index (χ1) is 11.0. The molecule has 122 valence electrons. The van der Waals surface area contributed by atoms with Gasteiger partial charge in [0.05, 0.1) is 4.90 Å². The maximum Gasteiger partial charge on any atom is 0.261 e. The average Bonchev–Trinajstić information content (AvgIpc) is 2.55. The first-order valence-corrected chi connectivity index (χ1v) is 8.88. The number of nitrogens with one attached hydrogen (secondary N) is 2. The lowest BCUT2D eigenvalue weighted by Crippen LogP contribution is -2.18. The van der Waals surface area contributed by atoms with Gasteiger partial charge >= 0.3 is 0 Å². The Morgan fingerprint density at radius 2 is 1.61 bits per heavy atom. The number of carbonyl (C=O) groups excluding carboxylic acids is 1. The molecule has 0 aliphatic rings. The second-order valence-electron chi connectivity index (χ2n) is 5.16. The van der Waals surface area contributed by atoms with Crippen molar-refractivity contribution in [2.45, 2.75) is 24.7 Å². The van der Waals surface area contributed by atoms with Crippen molar-refractivity contribution in [2.24, 2.45) is 0 Å². The van der Waals surface area contributed by atoms with Gasteiger partial charge in [-0.3, -0.25) is 9.52 Å². The summed E-state index contributed by atoms with van der Waals surface area (Å²) in [4.78, 5) is 11.7. The maximum absolute atomic E-state index is 12.4. The van der Waals surface area contributed by atoms with E-state index >= 15 is 0 Å². The molecular formula is C17H20N2O3S. The lowest BCUT2D eigenvalue weighted by Gasteiger charge is -2.09. The van der Waals surface area contributed by atoms with Gasteiger partial charge in [0.2, 0.25) is 0 Å². The molecule has 6 heteroatoms. The van der Waals surface area contributed by atoms with Crippen molar-refractivity contribution in [3.8, 4) is 0 Å². The monoisotopic (exact) mass is 332 g/mol. The van der Waals surface area contributed by atoms with Gasteiger partial charge < -0.3 is 5.32 Å². The smallest absolute Gasteiger partial charge is 0.261 e. The van der Waals surface area contributed by atoms with Crippen LogP contribution in [0.25, 0.3) is 0 Å². The number of benzene rings is 2. The summed E-state index contributed by atoms with van der Waals surface area (Å²) in [6.07, 6.45) is 1.94. The van der Waals surface area contributed by atoms with Crippen LogP contribution in [-0.4, -0.2) is 21.4 Å². The highest BCUT2D eigenvalue weighted by atomic mass is 32.2. The quantitative estimate of drug-likeness (QED) is 0.854. The average molecular weight is 332 g/mol. The summed E-state index contributed by atoms with van der Waals surface area (Å²) < 4.78 is 27.2. The van der Waals surface area contributed by atoms with Crippen LogP contribution < -0.4 is 10.0 Å². The summed E-state index contributed by atoms with van der Waals surface area (Å²) >= 11 is 0. The van der Waals surface area contributed by atoms with Crippen molar-refractivity contribution in [1.82, 2.24) is 5.32 Å². The third-order valence-corrected chi connectivity index (χ3v) is 4.80. The number of aryl methyl sites for hydroxylation is 1. The summed E-state index contributed by atoms with van der Waals surface area (Å²) in [5.74, 6) is -0.217. The van der Waals surface area contributed by atoms with Crippen molar-refractivity contribution in [3.63, 3.8) is 0 Å². The highest BCUT2D eigenvalue weighted by molar-refractivity contribution is 7.92.